The highest BCUT2D eigenvalue weighted by Crippen LogP contribution is 2.04. The maximum absolute atomic E-state index is 10.7. The van der Waals surface area contributed by atoms with E-state index in [0.29, 0.717) is 0 Å². The fourth-order valence-corrected chi connectivity index (χ4v) is 0.718. The third-order valence-corrected chi connectivity index (χ3v) is 1.21. The maximum Gasteiger partial charge on any atom is 0.223 e. The minimum absolute atomic E-state index is 0.0903. The van der Waals surface area contributed by atoms with Crippen molar-refractivity contribution < 1.29 is 9.59 Å². The first kappa shape index (κ1) is 9.94. The number of rotatable bonds is 4. The summed E-state index contributed by atoms with van der Waals surface area (Å²) >= 11 is 0. The molecule has 0 aliphatic carbocycles. The lowest BCUT2D eigenvalue weighted by molar-refractivity contribution is -0.119. The van der Waals surface area contributed by atoms with Crippen LogP contribution in [0.4, 0.5) is 0 Å². The van der Waals surface area contributed by atoms with E-state index in [1.54, 1.807) is 6.92 Å². The fraction of sp³-hybridized carbons (Fsp3) is 0.571. The first-order valence-electron chi connectivity index (χ1n) is 3.41. The fourth-order valence-electron chi connectivity index (χ4n) is 0.718. The molecule has 0 aromatic carbocycles. The van der Waals surface area contributed by atoms with Crippen molar-refractivity contribution in [3.63, 3.8) is 0 Å². The number of nitrogens with two attached hydrogens (primary N) is 1. The van der Waals surface area contributed by atoms with Crippen LogP contribution in [0.5, 0.6) is 0 Å². The Balaban J connectivity index is 3.60. The smallest absolute Gasteiger partial charge is 0.223 e. The molecule has 0 heterocycles. The summed E-state index contributed by atoms with van der Waals surface area (Å²) in [5.74, 6) is -0.663. The number of hydrogen-bond acceptors (Lipinski definition) is 2. The standard InChI is InChI=1S/C7H13N2O2/c1-5(3-6(8)10)4-7(11)9-2/h4-5H,3H2,1-2H3,(H2,8,10)(H,9,11)/t5-/m1/s1. The Bertz CT molecular complexity index is 157. The van der Waals surface area contributed by atoms with Crippen LogP contribution >= 0.6 is 0 Å². The zero-order valence-electron chi connectivity index (χ0n) is 6.76. The molecule has 0 unspecified atom stereocenters. The number of amides is 2. The molecule has 4 heteroatoms. The summed E-state index contributed by atoms with van der Waals surface area (Å²) in [4.78, 5) is 21.0. The summed E-state index contributed by atoms with van der Waals surface area (Å²) in [5, 5.41) is 2.42. The zero-order chi connectivity index (χ0) is 8.85. The van der Waals surface area contributed by atoms with Gasteiger partial charge in [-0.05, 0) is 5.92 Å². The molecule has 0 saturated heterocycles. The molecular weight excluding hydrogens is 144 g/mol. The van der Waals surface area contributed by atoms with Crippen LogP contribution in [0.1, 0.15) is 13.3 Å². The molecule has 1 atom stereocenters. The van der Waals surface area contributed by atoms with Gasteiger partial charge in [-0.2, -0.15) is 0 Å². The van der Waals surface area contributed by atoms with Crippen LogP contribution in [0, 0.1) is 12.3 Å². The van der Waals surface area contributed by atoms with Crippen molar-refractivity contribution in [2.24, 2.45) is 11.7 Å². The van der Waals surface area contributed by atoms with Crippen molar-refractivity contribution in [3.05, 3.63) is 6.42 Å². The molecule has 0 spiro atoms. The molecule has 0 aliphatic rings. The van der Waals surface area contributed by atoms with Gasteiger partial charge in [0.15, 0.2) is 0 Å². The highest BCUT2D eigenvalue weighted by atomic mass is 16.2. The van der Waals surface area contributed by atoms with Gasteiger partial charge in [0.2, 0.25) is 11.8 Å². The van der Waals surface area contributed by atoms with Crippen LogP contribution in [-0.2, 0) is 9.59 Å². The van der Waals surface area contributed by atoms with Crippen LogP contribution < -0.4 is 11.1 Å². The Kier molecular flexibility index (Phi) is 4.26. The van der Waals surface area contributed by atoms with Gasteiger partial charge >= 0.3 is 0 Å². The highest BCUT2D eigenvalue weighted by Gasteiger charge is 2.10. The summed E-state index contributed by atoms with van der Waals surface area (Å²) in [6, 6.07) is 0. The SMILES string of the molecule is CNC(=O)[CH][C@H](C)CC(N)=O. The molecule has 0 bridgehead atoms. The van der Waals surface area contributed by atoms with Crippen LogP contribution in [0.25, 0.3) is 0 Å². The quantitative estimate of drug-likeness (QED) is 0.574. The monoisotopic (exact) mass is 157 g/mol. The average Bonchev–Trinajstić information content (AvgIpc) is 1.85. The normalized spacial score (nSPS) is 12.2. The molecule has 4 nitrogen and oxygen atoms in total. The molecule has 63 valence electrons. The van der Waals surface area contributed by atoms with Gasteiger partial charge in [-0.15, -0.1) is 0 Å². The molecule has 0 aromatic rings. The second kappa shape index (κ2) is 4.71. The Morgan fingerprint density at radius 2 is 2.18 bits per heavy atom. The maximum atomic E-state index is 10.7. The highest BCUT2D eigenvalue weighted by molar-refractivity contribution is 5.85. The predicted octanol–water partition coefficient (Wildman–Crippen LogP) is -0.552. The lowest BCUT2D eigenvalue weighted by atomic mass is 10.0. The van der Waals surface area contributed by atoms with Crippen molar-refractivity contribution >= 4 is 11.8 Å². The molecular formula is C7H13N2O2. The van der Waals surface area contributed by atoms with Gasteiger partial charge in [-0.3, -0.25) is 9.59 Å². The zero-order valence-corrected chi connectivity index (χ0v) is 6.76. The van der Waals surface area contributed by atoms with Gasteiger partial charge < -0.3 is 11.1 Å². The van der Waals surface area contributed by atoms with Gasteiger partial charge in [-0.25, -0.2) is 0 Å². The molecule has 0 aliphatic heterocycles. The van der Waals surface area contributed by atoms with Crippen LogP contribution in [0.3, 0.4) is 0 Å². The van der Waals surface area contributed by atoms with Crippen LogP contribution in [-0.4, -0.2) is 18.9 Å². The van der Waals surface area contributed by atoms with Crippen LogP contribution in [0.2, 0.25) is 0 Å². The van der Waals surface area contributed by atoms with E-state index in [4.69, 9.17) is 5.73 Å². The van der Waals surface area contributed by atoms with Crippen molar-refractivity contribution in [1.29, 1.82) is 0 Å². The summed E-state index contributed by atoms with van der Waals surface area (Å²) in [6.45, 7) is 1.76. The number of carbonyl (C=O) groups is 2. The van der Waals surface area contributed by atoms with E-state index in [1.165, 1.54) is 13.5 Å². The summed E-state index contributed by atoms with van der Waals surface area (Å²) in [6.07, 6.45) is 1.65. The van der Waals surface area contributed by atoms with Gasteiger partial charge in [0.1, 0.15) is 0 Å². The Hall–Kier alpha value is -1.06. The summed E-state index contributed by atoms with van der Waals surface area (Å²) < 4.78 is 0. The molecule has 0 rings (SSSR count). The van der Waals surface area contributed by atoms with Crippen molar-refractivity contribution in [3.8, 4) is 0 Å². The van der Waals surface area contributed by atoms with E-state index in [1.807, 2.05) is 0 Å². The van der Waals surface area contributed by atoms with E-state index in [2.05, 4.69) is 5.32 Å². The average molecular weight is 157 g/mol. The number of carbonyl (C=O) groups excluding carboxylic acids is 2. The summed E-state index contributed by atoms with van der Waals surface area (Å²) in [5.41, 5.74) is 4.92. The third kappa shape index (κ3) is 5.39. The molecule has 0 fully saturated rings. The van der Waals surface area contributed by atoms with Crippen molar-refractivity contribution in [1.82, 2.24) is 5.32 Å². The predicted molar refractivity (Wildman–Crippen MR) is 41.3 cm³/mol. The number of primary amides is 1. The second-order valence-electron chi connectivity index (χ2n) is 2.43. The van der Waals surface area contributed by atoms with E-state index >= 15 is 0 Å². The largest absolute Gasteiger partial charge is 0.370 e. The lowest BCUT2D eigenvalue weighted by Gasteiger charge is -2.05. The first-order chi connectivity index (χ1) is 5.06. The Morgan fingerprint density at radius 3 is 2.55 bits per heavy atom. The third-order valence-electron chi connectivity index (χ3n) is 1.21. The summed E-state index contributed by atoms with van der Waals surface area (Å²) in [7, 11) is 1.54. The number of hydrogen-bond donors (Lipinski definition) is 2. The molecule has 3 N–H and O–H groups in total. The molecule has 1 radical (unpaired) electrons. The molecule has 2 amide bonds. The molecule has 11 heavy (non-hydrogen) atoms. The van der Waals surface area contributed by atoms with Gasteiger partial charge in [0.25, 0.3) is 0 Å². The minimum Gasteiger partial charge on any atom is -0.370 e. The minimum atomic E-state index is -0.391. The van der Waals surface area contributed by atoms with Gasteiger partial charge in [0.05, 0.1) is 6.42 Å². The number of nitrogens with one attached hydrogen (secondary N) is 1. The first-order valence-corrected chi connectivity index (χ1v) is 3.41. The van der Waals surface area contributed by atoms with E-state index in [0.717, 1.165) is 0 Å². The van der Waals surface area contributed by atoms with Crippen molar-refractivity contribution in [2.45, 2.75) is 13.3 Å². The van der Waals surface area contributed by atoms with E-state index in [-0.39, 0.29) is 18.2 Å². The topological polar surface area (TPSA) is 72.2 Å². The second-order valence-corrected chi connectivity index (χ2v) is 2.43. The van der Waals surface area contributed by atoms with Crippen LogP contribution in [0.15, 0.2) is 0 Å². The van der Waals surface area contributed by atoms with Gasteiger partial charge in [-0.1, -0.05) is 6.92 Å². The lowest BCUT2D eigenvalue weighted by Crippen LogP contribution is -2.23. The molecule has 0 saturated carbocycles. The van der Waals surface area contributed by atoms with Gasteiger partial charge in [0, 0.05) is 13.5 Å². The Morgan fingerprint density at radius 1 is 1.64 bits per heavy atom. The van der Waals surface area contributed by atoms with Crippen molar-refractivity contribution in [2.75, 3.05) is 7.05 Å². The molecule has 0 aromatic heterocycles. The van der Waals surface area contributed by atoms with E-state index in [9.17, 15) is 9.59 Å². The Labute approximate surface area is 66.1 Å². The van der Waals surface area contributed by atoms with E-state index < -0.39 is 5.91 Å².